The normalized spacial score (nSPS) is 16.8. The zero-order valence-corrected chi connectivity index (χ0v) is 15.5. The zero-order valence-electron chi connectivity index (χ0n) is 14.6. The smallest absolute Gasteiger partial charge is 0.141 e. The summed E-state index contributed by atoms with van der Waals surface area (Å²) in [4.78, 5) is 20.5. The van der Waals surface area contributed by atoms with E-state index in [4.69, 9.17) is 4.74 Å². The first-order valence-corrected chi connectivity index (χ1v) is 9.79. The van der Waals surface area contributed by atoms with Gasteiger partial charge >= 0.3 is 0 Å². The number of carbonyl (C=O) groups excluding carboxylic acids is 1. The van der Waals surface area contributed by atoms with Crippen LogP contribution in [0.1, 0.15) is 28.3 Å². The molecule has 2 atom stereocenters. The Morgan fingerprint density at radius 1 is 1.11 bits per heavy atom. The first-order chi connectivity index (χ1) is 13.7. The number of ether oxygens (including phenoxy) is 1. The van der Waals surface area contributed by atoms with Crippen LogP contribution in [0.2, 0.25) is 0 Å². The molecule has 0 spiro atoms. The molecule has 140 valence electrons. The molecule has 1 aliphatic heterocycles. The van der Waals surface area contributed by atoms with Crippen molar-refractivity contribution in [3.63, 3.8) is 0 Å². The van der Waals surface area contributed by atoms with Gasteiger partial charge in [0, 0.05) is 34.8 Å². The Bertz CT molecular complexity index is 1070. The van der Waals surface area contributed by atoms with Crippen molar-refractivity contribution in [3.8, 4) is 5.75 Å². The SMILES string of the molecule is O=CC1C(c2cnccn2)=C(c2ccc(CS(=O)[O-])cc2)Oc2ccccc21. The molecule has 2 unspecified atom stereocenters. The Balaban J connectivity index is 1.88. The molecule has 28 heavy (non-hydrogen) atoms. The van der Waals surface area contributed by atoms with Crippen molar-refractivity contribution in [1.29, 1.82) is 0 Å². The van der Waals surface area contributed by atoms with Crippen molar-refractivity contribution < 1.29 is 18.3 Å². The van der Waals surface area contributed by atoms with Crippen LogP contribution in [0, 0.1) is 0 Å². The highest BCUT2D eigenvalue weighted by atomic mass is 32.2. The lowest BCUT2D eigenvalue weighted by molar-refractivity contribution is -0.108. The molecule has 3 aromatic rings. The summed E-state index contributed by atoms with van der Waals surface area (Å²) in [6, 6.07) is 14.4. The van der Waals surface area contributed by atoms with Gasteiger partial charge in [-0.05, 0) is 11.6 Å². The highest BCUT2D eigenvalue weighted by molar-refractivity contribution is 7.78. The van der Waals surface area contributed by atoms with Gasteiger partial charge in [-0.1, -0.05) is 53.5 Å². The van der Waals surface area contributed by atoms with Gasteiger partial charge in [-0.15, -0.1) is 0 Å². The lowest BCUT2D eigenvalue weighted by atomic mass is 9.85. The van der Waals surface area contributed by atoms with Crippen LogP contribution in [-0.4, -0.2) is 25.0 Å². The lowest BCUT2D eigenvalue weighted by Crippen LogP contribution is -2.16. The van der Waals surface area contributed by atoms with Crippen molar-refractivity contribution >= 4 is 28.7 Å². The van der Waals surface area contributed by atoms with E-state index in [1.165, 1.54) is 0 Å². The summed E-state index contributed by atoms with van der Waals surface area (Å²) in [7, 11) is 0. The summed E-state index contributed by atoms with van der Waals surface area (Å²) in [5.74, 6) is 0.500. The molecule has 4 rings (SSSR count). The third-order valence-corrected chi connectivity index (χ3v) is 5.07. The Kier molecular flexibility index (Phi) is 5.10. The minimum Gasteiger partial charge on any atom is -0.772 e. The molecule has 0 radical (unpaired) electrons. The number of allylic oxidation sites excluding steroid dienone is 1. The Morgan fingerprint density at radius 2 is 1.89 bits per heavy atom. The maximum absolute atomic E-state index is 12.1. The van der Waals surface area contributed by atoms with Gasteiger partial charge in [0.1, 0.15) is 17.8 Å². The molecule has 0 fully saturated rings. The van der Waals surface area contributed by atoms with Gasteiger partial charge in [-0.2, -0.15) is 0 Å². The van der Waals surface area contributed by atoms with E-state index in [0.717, 1.165) is 17.4 Å². The molecule has 0 bridgehead atoms. The van der Waals surface area contributed by atoms with Gasteiger partial charge in [-0.3, -0.25) is 14.2 Å². The maximum atomic E-state index is 12.1. The third-order valence-electron chi connectivity index (χ3n) is 4.50. The number of fused-ring (bicyclic) bond motifs is 1. The predicted molar refractivity (Wildman–Crippen MR) is 104 cm³/mol. The summed E-state index contributed by atoms with van der Waals surface area (Å²) in [5.41, 5.74) is 3.33. The fourth-order valence-electron chi connectivity index (χ4n) is 3.25. The minimum absolute atomic E-state index is 0.0585. The minimum atomic E-state index is -2.16. The Labute approximate surface area is 164 Å². The second-order valence-electron chi connectivity index (χ2n) is 6.23. The molecule has 2 heterocycles. The lowest BCUT2D eigenvalue weighted by Gasteiger charge is -2.27. The van der Waals surface area contributed by atoms with E-state index in [1.807, 2.05) is 24.3 Å². The van der Waals surface area contributed by atoms with E-state index in [1.54, 1.807) is 42.9 Å². The number of rotatable bonds is 5. The first kappa shape index (κ1) is 18.2. The fourth-order valence-corrected chi connectivity index (χ4v) is 3.71. The van der Waals surface area contributed by atoms with E-state index < -0.39 is 17.0 Å². The second kappa shape index (κ2) is 7.84. The van der Waals surface area contributed by atoms with E-state index in [2.05, 4.69) is 9.97 Å². The summed E-state index contributed by atoms with van der Waals surface area (Å²) in [6.07, 6.45) is 5.60. The maximum Gasteiger partial charge on any atom is 0.141 e. The van der Waals surface area contributed by atoms with Crippen LogP contribution in [0.25, 0.3) is 11.3 Å². The number of hydrogen-bond acceptors (Lipinski definition) is 6. The molecular weight excluding hydrogens is 376 g/mol. The monoisotopic (exact) mass is 391 g/mol. The molecule has 0 saturated carbocycles. The molecular formula is C21H15N2O4S-. The van der Waals surface area contributed by atoms with Crippen LogP contribution in [0.3, 0.4) is 0 Å². The molecule has 0 N–H and O–H groups in total. The third kappa shape index (κ3) is 3.49. The van der Waals surface area contributed by atoms with Crippen LogP contribution < -0.4 is 4.74 Å². The number of hydrogen-bond donors (Lipinski definition) is 0. The molecule has 0 saturated heterocycles. The van der Waals surface area contributed by atoms with Crippen LogP contribution in [0.15, 0.2) is 67.1 Å². The quantitative estimate of drug-likeness (QED) is 0.490. The van der Waals surface area contributed by atoms with Crippen LogP contribution >= 0.6 is 0 Å². The van der Waals surface area contributed by atoms with Crippen molar-refractivity contribution in [2.45, 2.75) is 11.7 Å². The van der Waals surface area contributed by atoms with Crippen LogP contribution in [0.5, 0.6) is 5.75 Å². The van der Waals surface area contributed by atoms with E-state index in [-0.39, 0.29) is 5.75 Å². The fraction of sp³-hybridized carbons (Fsp3) is 0.0952. The van der Waals surface area contributed by atoms with Gasteiger partial charge in [0.15, 0.2) is 0 Å². The number of para-hydroxylation sites is 1. The second-order valence-corrected chi connectivity index (χ2v) is 7.13. The largest absolute Gasteiger partial charge is 0.772 e. The first-order valence-electron chi connectivity index (χ1n) is 8.55. The number of nitrogens with zero attached hydrogens (tertiary/aromatic N) is 2. The topological polar surface area (TPSA) is 92.2 Å². The van der Waals surface area contributed by atoms with Crippen LogP contribution in [0.4, 0.5) is 0 Å². The highest BCUT2D eigenvalue weighted by Gasteiger charge is 2.32. The molecule has 6 nitrogen and oxygen atoms in total. The van der Waals surface area contributed by atoms with Gasteiger partial charge in [-0.25, -0.2) is 0 Å². The summed E-state index contributed by atoms with van der Waals surface area (Å²) in [5, 5.41) is 0. The van der Waals surface area contributed by atoms with Gasteiger partial charge < -0.3 is 14.1 Å². The number of benzene rings is 2. The van der Waals surface area contributed by atoms with E-state index in [9.17, 15) is 13.6 Å². The average molecular weight is 391 g/mol. The van der Waals surface area contributed by atoms with Crippen molar-refractivity contribution in [2.75, 3.05) is 0 Å². The van der Waals surface area contributed by atoms with E-state index in [0.29, 0.717) is 28.3 Å². The molecule has 7 heteroatoms. The van der Waals surface area contributed by atoms with Gasteiger partial charge in [0.2, 0.25) is 0 Å². The Morgan fingerprint density at radius 3 is 2.57 bits per heavy atom. The highest BCUT2D eigenvalue weighted by Crippen LogP contribution is 2.45. The van der Waals surface area contributed by atoms with E-state index >= 15 is 0 Å². The molecule has 0 amide bonds. The van der Waals surface area contributed by atoms with Gasteiger partial charge in [0.05, 0.1) is 17.8 Å². The van der Waals surface area contributed by atoms with Crippen molar-refractivity contribution in [3.05, 3.63) is 89.5 Å². The number of aromatic nitrogens is 2. The predicted octanol–water partition coefficient (Wildman–Crippen LogP) is 3.10. The zero-order chi connectivity index (χ0) is 19.5. The Hall–Kier alpha value is -3.16. The molecule has 1 aliphatic rings. The summed E-state index contributed by atoms with van der Waals surface area (Å²) >= 11 is -2.16. The molecule has 2 aromatic carbocycles. The molecule has 1 aromatic heterocycles. The number of carbonyl (C=O) groups is 1. The van der Waals surface area contributed by atoms with Crippen LogP contribution in [-0.2, 0) is 21.6 Å². The van der Waals surface area contributed by atoms with Gasteiger partial charge in [0.25, 0.3) is 0 Å². The average Bonchev–Trinajstić information content (AvgIpc) is 2.73. The van der Waals surface area contributed by atoms with Crippen molar-refractivity contribution in [1.82, 2.24) is 9.97 Å². The standard InChI is InChI=1S/C21H16N2O4S/c24-12-17-16-3-1-2-4-19(16)27-21(20(17)18-11-22-9-10-23-18)15-7-5-14(6-8-15)13-28(25)26/h1-12,17H,13H2,(H,25,26)/p-1. The number of aldehydes is 1. The molecule has 0 aliphatic carbocycles. The van der Waals surface area contributed by atoms with Crippen molar-refractivity contribution in [2.24, 2.45) is 0 Å². The summed E-state index contributed by atoms with van der Waals surface area (Å²) < 4.78 is 28.0. The summed E-state index contributed by atoms with van der Waals surface area (Å²) in [6.45, 7) is 0.